The highest BCUT2D eigenvalue weighted by Gasteiger charge is 2.61. The van der Waals surface area contributed by atoms with Crippen LogP contribution in [0.2, 0.25) is 5.02 Å². The number of halogens is 3. The van der Waals surface area contributed by atoms with E-state index in [9.17, 15) is 12.8 Å². The molecule has 1 heterocycles. The Balaban J connectivity index is 2.00. The van der Waals surface area contributed by atoms with Crippen molar-refractivity contribution in [3.63, 3.8) is 0 Å². The molecular formula is C20H21ClF2N2O3S. The van der Waals surface area contributed by atoms with Gasteiger partial charge < -0.3 is 16.2 Å². The number of sulfone groups is 1. The van der Waals surface area contributed by atoms with Gasteiger partial charge in [-0.2, -0.15) is 0 Å². The third kappa shape index (κ3) is 2.96. The third-order valence-corrected chi connectivity index (χ3v) is 9.07. The number of ether oxygens (including phenoxy) is 1. The van der Waals surface area contributed by atoms with Gasteiger partial charge in [0.1, 0.15) is 10.6 Å². The van der Waals surface area contributed by atoms with Crippen LogP contribution < -0.4 is 16.2 Å². The highest BCUT2D eigenvalue weighted by atomic mass is 35.5. The van der Waals surface area contributed by atoms with Crippen molar-refractivity contribution >= 4 is 21.4 Å². The number of hydrogen-bond donors (Lipinski definition) is 2. The largest absolute Gasteiger partial charge is 0.490 e. The molecule has 2 aromatic rings. The molecule has 1 fully saturated rings. The van der Waals surface area contributed by atoms with E-state index in [0.717, 1.165) is 12.1 Å². The van der Waals surface area contributed by atoms with Crippen LogP contribution in [0, 0.1) is 17.6 Å². The second-order valence-electron chi connectivity index (χ2n) is 7.86. The van der Waals surface area contributed by atoms with Gasteiger partial charge in [-0.15, -0.1) is 0 Å². The van der Waals surface area contributed by atoms with E-state index in [4.69, 9.17) is 27.8 Å². The molecule has 0 aromatic heterocycles. The molecule has 4 N–H and O–H groups in total. The summed E-state index contributed by atoms with van der Waals surface area (Å²) in [6.07, 6.45) is 0.473. The van der Waals surface area contributed by atoms with Crippen molar-refractivity contribution in [1.29, 1.82) is 0 Å². The van der Waals surface area contributed by atoms with E-state index < -0.39 is 37.7 Å². The number of rotatable bonds is 3. The summed E-state index contributed by atoms with van der Waals surface area (Å²) in [5.74, 6) is -2.65. The minimum Gasteiger partial charge on any atom is -0.490 e. The average molecular weight is 443 g/mol. The van der Waals surface area contributed by atoms with Gasteiger partial charge in [0.2, 0.25) is 0 Å². The van der Waals surface area contributed by atoms with Gasteiger partial charge in [0, 0.05) is 23.0 Å². The second kappa shape index (κ2) is 6.91. The first-order valence-electron chi connectivity index (χ1n) is 9.25. The summed E-state index contributed by atoms with van der Waals surface area (Å²) in [7, 11) is -4.15. The van der Waals surface area contributed by atoms with E-state index in [2.05, 4.69) is 0 Å². The molecule has 1 aliphatic heterocycles. The molecular weight excluding hydrogens is 422 g/mol. The van der Waals surface area contributed by atoms with E-state index in [-0.39, 0.29) is 48.6 Å². The van der Waals surface area contributed by atoms with Gasteiger partial charge in [-0.05, 0) is 55.7 Å². The summed E-state index contributed by atoms with van der Waals surface area (Å²) in [4.78, 5) is -0.0133. The zero-order chi connectivity index (χ0) is 21.0. The minimum atomic E-state index is -4.15. The smallest absolute Gasteiger partial charge is 0.188 e. The van der Waals surface area contributed by atoms with Crippen molar-refractivity contribution in [1.82, 2.24) is 0 Å². The molecule has 0 saturated heterocycles. The number of hydrogen-bond acceptors (Lipinski definition) is 5. The summed E-state index contributed by atoms with van der Waals surface area (Å²) in [5.41, 5.74) is 11.1. The lowest BCUT2D eigenvalue weighted by atomic mass is 9.66. The molecule has 4 rings (SSSR count). The van der Waals surface area contributed by atoms with Crippen LogP contribution in [0.4, 0.5) is 8.78 Å². The Labute approximate surface area is 172 Å². The van der Waals surface area contributed by atoms with Crippen LogP contribution >= 0.6 is 11.6 Å². The Kier molecular flexibility index (Phi) is 4.89. The highest BCUT2D eigenvalue weighted by molar-refractivity contribution is 7.92. The molecule has 1 saturated carbocycles. The molecule has 1 aliphatic carbocycles. The highest BCUT2D eigenvalue weighted by Crippen LogP contribution is 2.57. The molecule has 5 nitrogen and oxygen atoms in total. The molecule has 2 aromatic carbocycles. The Morgan fingerprint density at radius 2 is 1.76 bits per heavy atom. The molecule has 156 valence electrons. The molecule has 29 heavy (non-hydrogen) atoms. The first kappa shape index (κ1) is 20.5. The Bertz CT molecular complexity index is 1060. The summed E-state index contributed by atoms with van der Waals surface area (Å²) in [6.45, 7) is 0.0538. The third-order valence-electron chi connectivity index (χ3n) is 6.23. The van der Waals surface area contributed by atoms with Crippen molar-refractivity contribution in [2.75, 3.05) is 13.2 Å². The molecule has 9 heteroatoms. The van der Waals surface area contributed by atoms with Gasteiger partial charge >= 0.3 is 0 Å². The first-order valence-corrected chi connectivity index (χ1v) is 11.1. The summed E-state index contributed by atoms with van der Waals surface area (Å²) in [5, 5.41) is 0.371. The summed E-state index contributed by atoms with van der Waals surface area (Å²) in [6, 6.07) is 7.54. The van der Waals surface area contributed by atoms with Gasteiger partial charge in [0.25, 0.3) is 0 Å². The number of fused-ring (bicyclic) bond motifs is 3. The van der Waals surface area contributed by atoms with Crippen LogP contribution in [0.15, 0.2) is 41.3 Å². The maximum Gasteiger partial charge on any atom is 0.188 e. The van der Waals surface area contributed by atoms with Crippen molar-refractivity contribution in [2.45, 2.75) is 34.4 Å². The van der Waals surface area contributed by atoms with Crippen molar-refractivity contribution < 1.29 is 21.9 Å². The maximum atomic E-state index is 15.1. The van der Waals surface area contributed by atoms with Gasteiger partial charge in [0.15, 0.2) is 21.4 Å². The molecule has 0 radical (unpaired) electrons. The van der Waals surface area contributed by atoms with E-state index in [0.29, 0.717) is 5.02 Å². The van der Waals surface area contributed by atoms with Crippen molar-refractivity contribution in [3.8, 4) is 5.75 Å². The SMILES string of the molecule is NC[C@@]1(N)CC[C@]2(S(=O)(=O)c3ccc(Cl)cc3)c3c(F)ccc(F)c3OC[C@@H]2C1. The van der Waals surface area contributed by atoms with E-state index in [1.165, 1.54) is 24.3 Å². The monoisotopic (exact) mass is 442 g/mol. The van der Waals surface area contributed by atoms with Gasteiger partial charge in [-0.25, -0.2) is 17.2 Å². The van der Waals surface area contributed by atoms with E-state index in [1.54, 1.807) is 0 Å². The van der Waals surface area contributed by atoms with Gasteiger partial charge in [-0.3, -0.25) is 0 Å². The predicted octanol–water partition coefficient (Wildman–Crippen LogP) is 3.14. The van der Waals surface area contributed by atoms with Crippen LogP contribution in [-0.2, 0) is 14.6 Å². The van der Waals surface area contributed by atoms with E-state index >= 15 is 4.39 Å². The van der Waals surface area contributed by atoms with Crippen LogP contribution in [0.1, 0.15) is 24.8 Å². The molecule has 3 atom stereocenters. The quantitative estimate of drug-likeness (QED) is 0.761. The second-order valence-corrected chi connectivity index (χ2v) is 10.5. The molecule has 0 unspecified atom stereocenters. The molecule has 0 spiro atoms. The normalized spacial score (nSPS) is 28.9. The summed E-state index contributed by atoms with van der Waals surface area (Å²) >= 11 is 5.91. The van der Waals surface area contributed by atoms with Gasteiger partial charge in [-0.1, -0.05) is 11.6 Å². The van der Waals surface area contributed by atoms with Crippen LogP contribution in [0.3, 0.4) is 0 Å². The molecule has 2 aliphatic rings. The molecule has 0 amide bonds. The maximum absolute atomic E-state index is 15.1. The predicted molar refractivity (Wildman–Crippen MR) is 105 cm³/mol. The minimum absolute atomic E-state index is 0.00700. The zero-order valence-electron chi connectivity index (χ0n) is 15.5. The lowest BCUT2D eigenvalue weighted by Gasteiger charge is -2.51. The van der Waals surface area contributed by atoms with E-state index in [1.807, 2.05) is 0 Å². The fraction of sp³-hybridized carbons (Fsp3) is 0.400. The summed E-state index contributed by atoms with van der Waals surface area (Å²) < 4.78 is 61.2. The van der Waals surface area contributed by atoms with Crippen LogP contribution in [-0.4, -0.2) is 27.1 Å². The van der Waals surface area contributed by atoms with Gasteiger partial charge in [0.05, 0.1) is 17.1 Å². The fourth-order valence-corrected chi connectivity index (χ4v) is 7.13. The average Bonchev–Trinajstić information content (AvgIpc) is 2.70. The molecule has 0 bridgehead atoms. The van der Waals surface area contributed by atoms with Crippen molar-refractivity contribution in [2.24, 2.45) is 17.4 Å². The van der Waals surface area contributed by atoms with Crippen molar-refractivity contribution in [3.05, 3.63) is 58.6 Å². The first-order chi connectivity index (χ1) is 13.6. The zero-order valence-corrected chi connectivity index (χ0v) is 17.1. The lowest BCUT2D eigenvalue weighted by molar-refractivity contribution is 0.0877. The Morgan fingerprint density at radius 3 is 2.41 bits per heavy atom. The van der Waals surface area contributed by atoms with Crippen LogP contribution in [0.25, 0.3) is 0 Å². The number of benzene rings is 2. The fourth-order valence-electron chi connectivity index (χ4n) is 4.67. The topological polar surface area (TPSA) is 95.4 Å². The number of nitrogens with two attached hydrogens (primary N) is 2. The Morgan fingerprint density at radius 1 is 1.10 bits per heavy atom. The standard InChI is InChI=1S/C20H21ClF2N2O3S/c21-13-1-3-14(4-2-13)29(26,27)20-8-7-19(25,11-24)9-12(20)10-28-18-16(23)6-5-15(22)17(18)20/h1-6,12H,7-11,24-25H2/t12-,19+,20+/m0/s1. The lowest BCUT2D eigenvalue weighted by Crippen LogP contribution is -2.61. The van der Waals surface area contributed by atoms with Crippen LogP contribution in [0.5, 0.6) is 5.75 Å². The Hall–Kier alpha value is -1.74.